The van der Waals surface area contributed by atoms with Crippen LogP contribution in [-0.4, -0.2) is 42.6 Å². The van der Waals surface area contributed by atoms with Crippen molar-refractivity contribution < 1.29 is 27.5 Å². The molecule has 2 amide bonds. The molecule has 4 rings (SSSR count). The minimum absolute atomic E-state index is 0.0743. The van der Waals surface area contributed by atoms with Gasteiger partial charge < -0.3 is 15.0 Å². The van der Waals surface area contributed by atoms with E-state index < -0.39 is 23.4 Å². The summed E-state index contributed by atoms with van der Waals surface area (Å²) in [6.07, 6.45) is -2.81. The lowest BCUT2D eigenvalue weighted by Crippen LogP contribution is -2.58. The van der Waals surface area contributed by atoms with Crippen LogP contribution in [0.5, 0.6) is 0 Å². The number of alkyl carbamates (subject to hydrolysis) is 1. The number of nitrogens with zero attached hydrogens (tertiary/aromatic N) is 1. The molecule has 0 bridgehead atoms. The summed E-state index contributed by atoms with van der Waals surface area (Å²) >= 11 is 0. The van der Waals surface area contributed by atoms with Crippen LogP contribution in [0.3, 0.4) is 0 Å². The van der Waals surface area contributed by atoms with Crippen molar-refractivity contribution >= 4 is 12.0 Å². The Balaban J connectivity index is 1.41. The Morgan fingerprint density at radius 3 is 2.52 bits per heavy atom. The lowest BCUT2D eigenvalue weighted by atomic mass is 9.69. The van der Waals surface area contributed by atoms with E-state index >= 15 is 0 Å². The Morgan fingerprint density at radius 1 is 1.24 bits per heavy atom. The number of carbonyl (C=O) groups excluding carboxylic acids is 2. The van der Waals surface area contributed by atoms with Crippen LogP contribution in [0.2, 0.25) is 0 Å². The normalized spacial score (nSPS) is 33.0. The Hall–Kier alpha value is -2.25. The molecule has 158 valence electrons. The quantitative estimate of drug-likeness (QED) is 0.828. The highest BCUT2D eigenvalue weighted by atomic mass is 19.4. The molecule has 1 heterocycles. The maximum absolute atomic E-state index is 13.0. The number of hydrogen-bond donors (Lipinski definition) is 1. The molecule has 1 aromatic rings. The number of halogens is 3. The maximum Gasteiger partial charge on any atom is 0.416 e. The van der Waals surface area contributed by atoms with Crippen LogP contribution >= 0.6 is 0 Å². The number of methoxy groups -OCH3 is 1. The number of piperidine rings is 1. The lowest BCUT2D eigenvalue weighted by molar-refractivity contribution is -0.140. The Morgan fingerprint density at radius 2 is 1.93 bits per heavy atom. The van der Waals surface area contributed by atoms with Crippen molar-refractivity contribution in [3.63, 3.8) is 0 Å². The van der Waals surface area contributed by atoms with Crippen LogP contribution < -0.4 is 5.32 Å². The zero-order chi connectivity index (χ0) is 21.2. The molecular weight excluding hydrogens is 385 g/mol. The summed E-state index contributed by atoms with van der Waals surface area (Å²) in [5.74, 6) is 0.243. The van der Waals surface area contributed by atoms with Gasteiger partial charge in [0, 0.05) is 30.0 Å². The van der Waals surface area contributed by atoms with Gasteiger partial charge in [-0.2, -0.15) is 13.2 Å². The smallest absolute Gasteiger partial charge is 0.416 e. The monoisotopic (exact) mass is 410 g/mol. The van der Waals surface area contributed by atoms with Gasteiger partial charge >= 0.3 is 12.3 Å². The van der Waals surface area contributed by atoms with Crippen molar-refractivity contribution in [2.75, 3.05) is 20.2 Å². The fourth-order valence-corrected chi connectivity index (χ4v) is 5.33. The molecule has 1 saturated heterocycles. The first-order valence-electron chi connectivity index (χ1n) is 9.81. The number of carbonyl (C=O) groups is 2. The number of ether oxygens (including phenoxy) is 1. The first kappa shape index (κ1) is 20.0. The van der Waals surface area contributed by atoms with E-state index in [2.05, 4.69) is 10.1 Å². The lowest BCUT2D eigenvalue weighted by Gasteiger charge is -2.45. The van der Waals surface area contributed by atoms with Gasteiger partial charge in [-0.15, -0.1) is 0 Å². The van der Waals surface area contributed by atoms with Gasteiger partial charge in [0.25, 0.3) is 0 Å². The number of rotatable bonds is 3. The number of nitrogens with one attached hydrogen (secondary N) is 1. The molecule has 2 aliphatic carbocycles. The number of hydrogen-bond acceptors (Lipinski definition) is 3. The van der Waals surface area contributed by atoms with E-state index in [1.807, 2.05) is 11.8 Å². The van der Waals surface area contributed by atoms with Crippen LogP contribution in [0.1, 0.15) is 42.9 Å². The summed E-state index contributed by atoms with van der Waals surface area (Å²) in [5.41, 5.74) is 0.288. The van der Waals surface area contributed by atoms with Gasteiger partial charge in [-0.05, 0) is 62.3 Å². The molecule has 3 fully saturated rings. The van der Waals surface area contributed by atoms with E-state index in [1.165, 1.54) is 13.2 Å². The van der Waals surface area contributed by atoms with Crippen molar-refractivity contribution in [2.45, 2.75) is 50.2 Å². The summed E-state index contributed by atoms with van der Waals surface area (Å²) in [4.78, 5) is 26.2. The highest BCUT2D eigenvalue weighted by Gasteiger charge is 2.63. The molecule has 0 aromatic heterocycles. The zero-order valence-corrected chi connectivity index (χ0v) is 16.7. The third-order valence-corrected chi connectivity index (χ3v) is 6.88. The minimum atomic E-state index is -4.35. The third-order valence-electron chi connectivity index (χ3n) is 6.88. The Labute approximate surface area is 167 Å². The number of fused-ring (bicyclic) bond motifs is 1. The fraction of sp³-hybridized carbons (Fsp3) is 0.619. The number of likely N-dealkylation sites (tertiary alicyclic amines) is 1. The molecular formula is C21H25F3N2O3. The van der Waals surface area contributed by atoms with E-state index in [0.29, 0.717) is 37.4 Å². The van der Waals surface area contributed by atoms with E-state index in [-0.39, 0.29) is 17.2 Å². The van der Waals surface area contributed by atoms with Crippen molar-refractivity contribution in [1.82, 2.24) is 10.2 Å². The molecule has 2 saturated carbocycles. The van der Waals surface area contributed by atoms with Crippen molar-refractivity contribution in [2.24, 2.45) is 11.8 Å². The van der Waals surface area contributed by atoms with Gasteiger partial charge in [-0.3, -0.25) is 4.79 Å². The van der Waals surface area contributed by atoms with Crippen molar-refractivity contribution in [1.29, 1.82) is 0 Å². The first-order valence-corrected chi connectivity index (χ1v) is 9.81. The molecule has 1 N–H and O–H groups in total. The van der Waals surface area contributed by atoms with Gasteiger partial charge in [0.1, 0.15) is 0 Å². The van der Waals surface area contributed by atoms with Crippen LogP contribution in [0.25, 0.3) is 0 Å². The van der Waals surface area contributed by atoms with E-state index in [1.54, 1.807) is 13.0 Å². The minimum Gasteiger partial charge on any atom is -0.453 e. The number of benzene rings is 1. The summed E-state index contributed by atoms with van der Waals surface area (Å²) in [6.45, 7) is 4.81. The highest BCUT2D eigenvalue weighted by molar-refractivity contribution is 5.82. The van der Waals surface area contributed by atoms with Gasteiger partial charge in [-0.25, -0.2) is 4.79 Å². The second-order valence-electron chi connectivity index (χ2n) is 9.09. The van der Waals surface area contributed by atoms with Crippen LogP contribution in [0.4, 0.5) is 18.0 Å². The largest absolute Gasteiger partial charge is 0.453 e. The van der Waals surface area contributed by atoms with Crippen molar-refractivity contribution in [3.8, 4) is 0 Å². The SMILES string of the molecule is COC(=O)NC1(C)CC(C(=O)N2CC3CC3(c3ccc(C(F)(F)F)cc3C)C2)C1. The van der Waals surface area contributed by atoms with E-state index in [0.717, 1.165) is 18.1 Å². The highest BCUT2D eigenvalue weighted by Crippen LogP contribution is 2.60. The van der Waals surface area contributed by atoms with E-state index in [4.69, 9.17) is 0 Å². The van der Waals surface area contributed by atoms with Crippen LogP contribution in [0, 0.1) is 18.8 Å². The van der Waals surface area contributed by atoms with E-state index in [9.17, 15) is 22.8 Å². The van der Waals surface area contributed by atoms with Gasteiger partial charge in [0.2, 0.25) is 5.91 Å². The Bertz CT molecular complexity index is 863. The predicted octanol–water partition coefficient (Wildman–Crippen LogP) is 3.64. The Kier molecular flexibility index (Phi) is 4.40. The van der Waals surface area contributed by atoms with Crippen molar-refractivity contribution in [3.05, 3.63) is 34.9 Å². The van der Waals surface area contributed by atoms with Gasteiger partial charge in [-0.1, -0.05) is 6.07 Å². The second-order valence-corrected chi connectivity index (χ2v) is 9.09. The molecule has 1 aromatic carbocycles. The number of alkyl halides is 3. The third kappa shape index (κ3) is 3.36. The summed E-state index contributed by atoms with van der Waals surface area (Å²) in [7, 11) is 1.30. The zero-order valence-electron chi connectivity index (χ0n) is 16.7. The first-order chi connectivity index (χ1) is 13.5. The topological polar surface area (TPSA) is 58.6 Å². The van der Waals surface area contributed by atoms with Gasteiger partial charge in [0.05, 0.1) is 12.7 Å². The maximum atomic E-state index is 13.0. The average Bonchev–Trinajstić information content (AvgIpc) is 3.18. The summed E-state index contributed by atoms with van der Waals surface area (Å²) < 4.78 is 43.5. The number of aryl methyl sites for hydroxylation is 1. The van der Waals surface area contributed by atoms with Gasteiger partial charge in [0.15, 0.2) is 0 Å². The molecule has 29 heavy (non-hydrogen) atoms. The molecule has 2 atom stereocenters. The molecule has 0 spiro atoms. The van der Waals surface area contributed by atoms with Crippen LogP contribution in [0.15, 0.2) is 18.2 Å². The molecule has 1 aliphatic heterocycles. The molecule has 8 heteroatoms. The number of amides is 2. The summed E-state index contributed by atoms with van der Waals surface area (Å²) in [6, 6.07) is 3.94. The van der Waals surface area contributed by atoms with Crippen LogP contribution in [-0.2, 0) is 21.1 Å². The standard InChI is InChI=1S/C21H25F3N2O3/c1-12-6-14(21(22,23)24)4-5-16(12)20-9-15(20)10-26(11-20)17(27)13-7-19(2,8-13)25-18(28)29-3/h4-6,13,15H,7-11H2,1-3H3,(H,25,28). The molecule has 2 unspecified atom stereocenters. The average molecular weight is 410 g/mol. The predicted molar refractivity (Wildman–Crippen MR) is 99.2 cm³/mol. The molecule has 5 nitrogen and oxygen atoms in total. The fourth-order valence-electron chi connectivity index (χ4n) is 5.33. The summed E-state index contributed by atoms with van der Waals surface area (Å²) in [5, 5.41) is 2.77. The molecule has 3 aliphatic rings. The second kappa shape index (κ2) is 6.37. The molecule has 0 radical (unpaired) electrons.